The number of hydrogen-bond donors (Lipinski definition) is 2. The topological polar surface area (TPSA) is 86.8 Å². The number of carbonyl (C=O) groups is 2. The summed E-state index contributed by atoms with van der Waals surface area (Å²) in [6.45, 7) is 6.87. The molecule has 1 aromatic heterocycles. The van der Waals surface area contributed by atoms with Crippen molar-refractivity contribution in [3.05, 3.63) is 24.5 Å². The monoisotopic (exact) mass is 375 g/mol. The van der Waals surface area contributed by atoms with E-state index in [4.69, 9.17) is 4.74 Å². The smallest absolute Gasteiger partial charge is 0.309 e. The summed E-state index contributed by atoms with van der Waals surface area (Å²) in [6.07, 6.45) is 5.64. The van der Waals surface area contributed by atoms with Crippen LogP contribution in [0.15, 0.2) is 24.5 Å². The number of nitrogens with zero attached hydrogens (tertiary/aromatic N) is 3. The molecule has 27 heavy (non-hydrogen) atoms. The van der Waals surface area contributed by atoms with Crippen LogP contribution in [0.4, 0.5) is 5.69 Å². The third-order valence-corrected chi connectivity index (χ3v) is 5.20. The zero-order chi connectivity index (χ0) is 18.9. The van der Waals surface area contributed by atoms with E-state index in [-0.39, 0.29) is 0 Å². The van der Waals surface area contributed by atoms with E-state index in [1.54, 1.807) is 6.20 Å². The minimum Gasteiger partial charge on any atom is -0.379 e. The van der Waals surface area contributed by atoms with Crippen LogP contribution in [-0.4, -0.2) is 80.7 Å². The highest BCUT2D eigenvalue weighted by Gasteiger charge is 2.21. The van der Waals surface area contributed by atoms with Crippen LogP contribution in [0.2, 0.25) is 0 Å². The molecule has 0 aliphatic carbocycles. The average molecular weight is 375 g/mol. The summed E-state index contributed by atoms with van der Waals surface area (Å²) in [5, 5.41) is 5.48. The van der Waals surface area contributed by atoms with Gasteiger partial charge in [0.1, 0.15) is 0 Å². The third kappa shape index (κ3) is 6.18. The SMILES string of the molecule is O=C(NCCN1CCOCC1)C(=O)NCC1CCN(c2cccnc2)CC1. The van der Waals surface area contributed by atoms with Crippen molar-refractivity contribution >= 4 is 17.5 Å². The number of aromatic nitrogens is 1. The van der Waals surface area contributed by atoms with Crippen LogP contribution in [0.3, 0.4) is 0 Å². The maximum absolute atomic E-state index is 12.0. The predicted octanol–water partition coefficient (Wildman–Crippen LogP) is -0.137. The summed E-state index contributed by atoms with van der Waals surface area (Å²) in [5.74, 6) is -0.675. The van der Waals surface area contributed by atoms with Crippen LogP contribution in [0.25, 0.3) is 0 Å². The lowest BCUT2D eigenvalue weighted by Crippen LogP contribution is -2.46. The fraction of sp³-hybridized carbons (Fsp3) is 0.632. The minimum atomic E-state index is -0.545. The molecule has 2 aliphatic rings. The molecular weight excluding hydrogens is 346 g/mol. The van der Waals surface area contributed by atoms with Gasteiger partial charge in [0.15, 0.2) is 0 Å². The van der Waals surface area contributed by atoms with Gasteiger partial charge in [0, 0.05) is 52.0 Å². The van der Waals surface area contributed by atoms with Crippen molar-refractivity contribution in [3.63, 3.8) is 0 Å². The maximum Gasteiger partial charge on any atom is 0.309 e. The summed E-state index contributed by atoms with van der Waals surface area (Å²) in [7, 11) is 0. The maximum atomic E-state index is 12.0. The van der Waals surface area contributed by atoms with Crippen molar-refractivity contribution in [2.75, 3.05) is 63.9 Å². The van der Waals surface area contributed by atoms with Gasteiger partial charge in [-0.2, -0.15) is 0 Å². The number of hydrogen-bond acceptors (Lipinski definition) is 6. The van der Waals surface area contributed by atoms with Gasteiger partial charge in [-0.1, -0.05) is 0 Å². The van der Waals surface area contributed by atoms with Gasteiger partial charge in [-0.3, -0.25) is 19.5 Å². The van der Waals surface area contributed by atoms with E-state index < -0.39 is 11.8 Å². The lowest BCUT2D eigenvalue weighted by Gasteiger charge is -2.33. The lowest BCUT2D eigenvalue weighted by molar-refractivity contribution is -0.139. The van der Waals surface area contributed by atoms with Crippen LogP contribution in [0.5, 0.6) is 0 Å². The van der Waals surface area contributed by atoms with Gasteiger partial charge in [0.05, 0.1) is 25.1 Å². The number of anilines is 1. The Morgan fingerprint density at radius 1 is 1.11 bits per heavy atom. The fourth-order valence-electron chi connectivity index (χ4n) is 3.49. The first-order chi connectivity index (χ1) is 13.2. The summed E-state index contributed by atoms with van der Waals surface area (Å²) < 4.78 is 5.29. The molecule has 1 aromatic rings. The molecule has 0 bridgehead atoms. The van der Waals surface area contributed by atoms with Crippen LogP contribution in [0.1, 0.15) is 12.8 Å². The highest BCUT2D eigenvalue weighted by molar-refractivity contribution is 6.35. The summed E-state index contributed by atoms with van der Waals surface area (Å²) in [4.78, 5) is 32.6. The van der Waals surface area contributed by atoms with Crippen molar-refractivity contribution < 1.29 is 14.3 Å². The van der Waals surface area contributed by atoms with Crippen molar-refractivity contribution in [2.24, 2.45) is 5.92 Å². The number of amides is 2. The van der Waals surface area contributed by atoms with Gasteiger partial charge in [0.2, 0.25) is 0 Å². The van der Waals surface area contributed by atoms with Crippen LogP contribution in [-0.2, 0) is 14.3 Å². The van der Waals surface area contributed by atoms with Crippen molar-refractivity contribution in [3.8, 4) is 0 Å². The van der Waals surface area contributed by atoms with Crippen molar-refractivity contribution in [1.82, 2.24) is 20.5 Å². The highest BCUT2D eigenvalue weighted by Crippen LogP contribution is 2.21. The average Bonchev–Trinajstić information content (AvgIpc) is 2.73. The van der Waals surface area contributed by atoms with Crippen molar-refractivity contribution in [1.29, 1.82) is 0 Å². The lowest BCUT2D eigenvalue weighted by atomic mass is 9.96. The second-order valence-electron chi connectivity index (χ2n) is 7.06. The summed E-state index contributed by atoms with van der Waals surface area (Å²) in [6, 6.07) is 4.01. The molecule has 3 heterocycles. The van der Waals surface area contributed by atoms with Crippen LogP contribution in [0, 0.1) is 5.92 Å². The molecule has 2 N–H and O–H groups in total. The zero-order valence-corrected chi connectivity index (χ0v) is 15.7. The van der Waals surface area contributed by atoms with Gasteiger partial charge in [-0.25, -0.2) is 0 Å². The Balaban J connectivity index is 1.29. The molecule has 0 spiro atoms. The Morgan fingerprint density at radius 3 is 2.56 bits per heavy atom. The molecule has 2 fully saturated rings. The normalized spacial score (nSPS) is 18.9. The van der Waals surface area contributed by atoms with E-state index in [1.807, 2.05) is 12.3 Å². The van der Waals surface area contributed by atoms with Crippen LogP contribution >= 0.6 is 0 Å². The van der Waals surface area contributed by atoms with Gasteiger partial charge in [0.25, 0.3) is 0 Å². The molecular formula is C19H29N5O3. The Labute approximate surface area is 160 Å². The summed E-state index contributed by atoms with van der Waals surface area (Å²) in [5.41, 5.74) is 1.14. The van der Waals surface area contributed by atoms with E-state index in [0.29, 0.717) is 19.0 Å². The van der Waals surface area contributed by atoms with E-state index in [2.05, 4.69) is 31.5 Å². The van der Waals surface area contributed by atoms with Gasteiger partial charge >= 0.3 is 11.8 Å². The van der Waals surface area contributed by atoms with Crippen LogP contribution < -0.4 is 15.5 Å². The Morgan fingerprint density at radius 2 is 1.85 bits per heavy atom. The molecule has 8 heteroatoms. The predicted molar refractivity (Wildman–Crippen MR) is 102 cm³/mol. The molecule has 0 atom stereocenters. The summed E-state index contributed by atoms with van der Waals surface area (Å²) >= 11 is 0. The Hall–Kier alpha value is -2.19. The van der Waals surface area contributed by atoms with Gasteiger partial charge in [-0.15, -0.1) is 0 Å². The number of nitrogens with one attached hydrogen (secondary N) is 2. The number of ether oxygens (including phenoxy) is 1. The number of piperidine rings is 1. The zero-order valence-electron chi connectivity index (χ0n) is 15.7. The number of carbonyl (C=O) groups excluding carboxylic acids is 2. The van der Waals surface area contributed by atoms with Gasteiger partial charge in [-0.05, 0) is 30.9 Å². The Bertz CT molecular complexity index is 599. The quantitative estimate of drug-likeness (QED) is 0.674. The number of pyridine rings is 1. The van der Waals surface area contributed by atoms with E-state index in [0.717, 1.165) is 64.5 Å². The van der Waals surface area contributed by atoms with Crippen molar-refractivity contribution in [2.45, 2.75) is 12.8 Å². The number of rotatable bonds is 6. The third-order valence-electron chi connectivity index (χ3n) is 5.20. The molecule has 2 aliphatic heterocycles. The van der Waals surface area contributed by atoms with E-state index >= 15 is 0 Å². The Kier molecular flexibility index (Phi) is 7.41. The second-order valence-corrected chi connectivity index (χ2v) is 7.06. The second kappa shape index (κ2) is 10.2. The molecule has 0 saturated carbocycles. The van der Waals surface area contributed by atoms with E-state index in [9.17, 15) is 9.59 Å². The molecule has 2 amide bonds. The highest BCUT2D eigenvalue weighted by atomic mass is 16.5. The van der Waals surface area contributed by atoms with Gasteiger partial charge < -0.3 is 20.3 Å². The molecule has 0 radical (unpaired) electrons. The first kappa shape index (κ1) is 19.6. The molecule has 0 unspecified atom stereocenters. The molecule has 0 aromatic carbocycles. The molecule has 2 saturated heterocycles. The van der Waals surface area contributed by atoms with E-state index in [1.165, 1.54) is 0 Å². The fourth-order valence-corrected chi connectivity index (χ4v) is 3.49. The standard InChI is InChI=1S/C19H29N5O3/c25-18(21-6-9-23-10-12-27-13-11-23)19(26)22-14-16-3-7-24(8-4-16)17-2-1-5-20-15-17/h1-2,5,15-16H,3-4,6-14H2,(H,21,25)(H,22,26). The first-order valence-corrected chi connectivity index (χ1v) is 9.73. The largest absolute Gasteiger partial charge is 0.379 e. The number of morpholine rings is 1. The molecule has 148 valence electrons. The molecule has 8 nitrogen and oxygen atoms in total. The molecule has 3 rings (SSSR count). The first-order valence-electron chi connectivity index (χ1n) is 9.73. The minimum absolute atomic E-state index is 0.406.